The van der Waals surface area contributed by atoms with E-state index in [2.05, 4.69) is 43.4 Å². The van der Waals surface area contributed by atoms with E-state index in [4.69, 9.17) is 0 Å². The van der Waals surface area contributed by atoms with Gasteiger partial charge in [-0.15, -0.1) is 0 Å². The van der Waals surface area contributed by atoms with E-state index < -0.39 is 10.0 Å². The van der Waals surface area contributed by atoms with Crippen molar-refractivity contribution in [3.8, 4) is 0 Å². The van der Waals surface area contributed by atoms with Crippen molar-refractivity contribution >= 4 is 15.7 Å². The second-order valence-corrected chi connectivity index (χ2v) is 14.2. The second kappa shape index (κ2) is 13.6. The fourth-order valence-corrected chi connectivity index (χ4v) is 9.02. The normalized spacial score (nSPS) is 20.8. The minimum atomic E-state index is -3.60. The highest BCUT2D eigenvalue weighted by Crippen LogP contribution is 2.59. The molecule has 5 rings (SSSR count). The van der Waals surface area contributed by atoms with Crippen LogP contribution >= 0.6 is 0 Å². The molecule has 1 aromatic carbocycles. The van der Waals surface area contributed by atoms with Gasteiger partial charge in [0.05, 0.1) is 5.75 Å². The molecule has 0 amide bonds. The molecule has 0 aliphatic heterocycles. The van der Waals surface area contributed by atoms with Gasteiger partial charge in [-0.25, -0.2) is 17.1 Å². The Balaban J connectivity index is 1.39. The average Bonchev–Trinajstić information content (AvgIpc) is 3.39. The zero-order chi connectivity index (χ0) is 31.3. The summed E-state index contributed by atoms with van der Waals surface area (Å²) >= 11 is 0. The zero-order valence-electron chi connectivity index (χ0n) is 26.0. The maximum atomic E-state index is 13.9. The molecule has 0 saturated heterocycles. The lowest BCUT2D eigenvalue weighted by molar-refractivity contribution is 0.148. The number of hydrogen-bond acceptors (Lipinski definition) is 5. The Kier molecular flexibility index (Phi) is 9.81. The van der Waals surface area contributed by atoms with Crippen molar-refractivity contribution in [3.63, 3.8) is 0 Å². The lowest BCUT2D eigenvalue weighted by Crippen LogP contribution is -2.42. The molecule has 0 N–H and O–H groups in total. The smallest absolute Gasteiger partial charge is 0.218 e. The van der Waals surface area contributed by atoms with E-state index in [-0.39, 0.29) is 22.9 Å². The van der Waals surface area contributed by atoms with Gasteiger partial charge >= 0.3 is 0 Å². The minimum absolute atomic E-state index is 0.0254. The van der Waals surface area contributed by atoms with Gasteiger partial charge in [0.25, 0.3) is 0 Å². The van der Waals surface area contributed by atoms with E-state index in [1.165, 1.54) is 23.3 Å². The molecule has 1 saturated carbocycles. The molecule has 3 aromatic rings. The van der Waals surface area contributed by atoms with E-state index in [9.17, 15) is 12.8 Å². The average molecular weight is 615 g/mol. The number of sulfonamides is 1. The number of fused-ring (bicyclic) bond motifs is 1. The Hall–Kier alpha value is -3.62. The van der Waals surface area contributed by atoms with Crippen LogP contribution in [-0.2, 0) is 22.2 Å². The van der Waals surface area contributed by atoms with Gasteiger partial charge in [-0.05, 0) is 110 Å². The van der Waals surface area contributed by atoms with Crippen LogP contribution < -0.4 is 4.90 Å². The van der Waals surface area contributed by atoms with Crippen molar-refractivity contribution in [1.29, 1.82) is 0 Å². The molecular formula is C36H43FN4O2S. The summed E-state index contributed by atoms with van der Waals surface area (Å²) in [5.41, 5.74) is 6.19. The molecule has 232 valence electrons. The lowest BCUT2D eigenvalue weighted by Gasteiger charge is -2.44. The summed E-state index contributed by atoms with van der Waals surface area (Å²) in [5, 5.41) is 0. The minimum Gasteiger partial charge on any atom is -0.318 e. The van der Waals surface area contributed by atoms with Crippen LogP contribution in [0.2, 0.25) is 0 Å². The number of allylic oxidation sites excluding steroid dienone is 3. The molecule has 2 aliphatic carbocycles. The van der Waals surface area contributed by atoms with Crippen molar-refractivity contribution < 1.29 is 12.8 Å². The molecule has 44 heavy (non-hydrogen) atoms. The highest BCUT2D eigenvalue weighted by molar-refractivity contribution is 7.88. The Bertz CT molecular complexity index is 1610. The second-order valence-electron chi connectivity index (χ2n) is 12.2. The molecule has 1 fully saturated rings. The Morgan fingerprint density at radius 3 is 2.59 bits per heavy atom. The monoisotopic (exact) mass is 614 g/mol. The fraction of sp³-hybridized carbons (Fsp3) is 0.389. The number of benzene rings is 1. The van der Waals surface area contributed by atoms with Crippen LogP contribution in [0.25, 0.3) is 0 Å². The van der Waals surface area contributed by atoms with Crippen molar-refractivity contribution in [2.45, 2.75) is 58.6 Å². The van der Waals surface area contributed by atoms with Gasteiger partial charge in [0, 0.05) is 61.4 Å². The number of pyridine rings is 2. The number of nitrogens with zero attached hydrogens (tertiary/aromatic N) is 4. The number of aromatic nitrogens is 2. The molecule has 0 bridgehead atoms. The van der Waals surface area contributed by atoms with Crippen LogP contribution in [0.5, 0.6) is 0 Å². The Morgan fingerprint density at radius 1 is 1.14 bits per heavy atom. The molecule has 6 nitrogen and oxygen atoms in total. The zero-order valence-corrected chi connectivity index (χ0v) is 26.8. The van der Waals surface area contributed by atoms with Crippen molar-refractivity contribution in [2.75, 3.05) is 18.0 Å². The predicted molar refractivity (Wildman–Crippen MR) is 175 cm³/mol. The molecule has 8 heteroatoms. The van der Waals surface area contributed by atoms with Gasteiger partial charge in [0.2, 0.25) is 10.0 Å². The summed E-state index contributed by atoms with van der Waals surface area (Å²) < 4.78 is 43.1. The molecule has 0 spiro atoms. The largest absolute Gasteiger partial charge is 0.318 e. The van der Waals surface area contributed by atoms with Gasteiger partial charge in [0.15, 0.2) is 0 Å². The highest BCUT2D eigenvalue weighted by atomic mass is 32.2. The van der Waals surface area contributed by atoms with Crippen molar-refractivity contribution in [3.05, 3.63) is 126 Å². The Labute approximate surface area is 262 Å². The van der Waals surface area contributed by atoms with Crippen molar-refractivity contribution in [2.24, 2.45) is 17.3 Å². The summed E-state index contributed by atoms with van der Waals surface area (Å²) in [6.45, 7) is 11.6. The predicted octanol–water partition coefficient (Wildman–Crippen LogP) is 7.69. The summed E-state index contributed by atoms with van der Waals surface area (Å²) in [4.78, 5) is 10.6. The summed E-state index contributed by atoms with van der Waals surface area (Å²) in [6, 6.07) is 15.9. The van der Waals surface area contributed by atoms with Gasteiger partial charge in [0.1, 0.15) is 5.82 Å². The van der Waals surface area contributed by atoms with Crippen LogP contribution in [0.15, 0.2) is 109 Å². The van der Waals surface area contributed by atoms with E-state index >= 15 is 0 Å². The molecule has 0 radical (unpaired) electrons. The molecule has 2 heterocycles. The van der Waals surface area contributed by atoms with Gasteiger partial charge in [-0.2, -0.15) is 0 Å². The van der Waals surface area contributed by atoms with E-state index in [1.54, 1.807) is 47.3 Å². The molecule has 3 atom stereocenters. The van der Waals surface area contributed by atoms with Crippen LogP contribution in [0.1, 0.15) is 57.7 Å². The van der Waals surface area contributed by atoms with Crippen LogP contribution in [0.4, 0.5) is 10.1 Å². The quantitative estimate of drug-likeness (QED) is 0.198. The van der Waals surface area contributed by atoms with E-state index in [0.717, 1.165) is 42.8 Å². The number of anilines is 1. The van der Waals surface area contributed by atoms with Gasteiger partial charge < -0.3 is 4.90 Å². The molecule has 1 unspecified atom stereocenters. The number of rotatable bonds is 13. The molecule has 2 aliphatic rings. The van der Waals surface area contributed by atoms with Gasteiger partial charge in [-0.3, -0.25) is 9.97 Å². The SMILES string of the molecule is C=CN(C1=C(C)C[C@@]2(CC)C(=C1)CC[C@@H]2C(C)CN(CCc1ccccn1)S(=O)(=O)Cc1cccnc1)c1ccc(F)cc1. The summed E-state index contributed by atoms with van der Waals surface area (Å²) in [5.74, 6) is 0.148. The summed E-state index contributed by atoms with van der Waals surface area (Å²) in [7, 11) is -3.60. The number of halogens is 1. The van der Waals surface area contributed by atoms with Crippen LogP contribution in [0.3, 0.4) is 0 Å². The van der Waals surface area contributed by atoms with Crippen LogP contribution in [-0.4, -0.2) is 35.8 Å². The third-order valence-electron chi connectivity index (χ3n) is 9.57. The topological polar surface area (TPSA) is 66.4 Å². The standard InChI is InChI=1S/C36H43FN4O2S/c1-5-36-23-27(3)35(41(6-2)33-15-13-31(37)14-16-33)22-30(36)12-17-34(36)28(4)25-40(21-18-32-11-7-8-20-39-32)44(42,43)26-29-10-9-19-38-24-29/h6-11,13-16,19-20,22,24,28,34H,2,5,12,17-18,21,23,25-26H2,1,3-4H3/t28?,34-,36+/m1/s1. The van der Waals surface area contributed by atoms with Crippen LogP contribution in [0, 0.1) is 23.1 Å². The van der Waals surface area contributed by atoms with Gasteiger partial charge in [-0.1, -0.05) is 38.1 Å². The molecular weight excluding hydrogens is 571 g/mol. The van der Waals surface area contributed by atoms with Crippen molar-refractivity contribution in [1.82, 2.24) is 14.3 Å². The first-order chi connectivity index (χ1) is 21.2. The number of hydrogen-bond donors (Lipinski definition) is 0. The van der Waals surface area contributed by atoms with E-state index in [0.29, 0.717) is 31.0 Å². The third-order valence-corrected chi connectivity index (χ3v) is 11.4. The lowest BCUT2D eigenvalue weighted by atomic mass is 9.63. The Morgan fingerprint density at radius 2 is 1.93 bits per heavy atom. The maximum Gasteiger partial charge on any atom is 0.218 e. The first kappa shape index (κ1) is 31.8. The molecule has 2 aromatic heterocycles. The highest BCUT2D eigenvalue weighted by Gasteiger charge is 2.49. The third kappa shape index (κ3) is 6.71. The first-order valence-corrected chi connectivity index (χ1v) is 17.1. The summed E-state index contributed by atoms with van der Waals surface area (Å²) in [6.07, 6.45) is 13.6. The first-order valence-electron chi connectivity index (χ1n) is 15.5. The maximum absolute atomic E-state index is 13.9. The fourth-order valence-electron chi connectivity index (χ4n) is 7.41. The van der Waals surface area contributed by atoms with E-state index in [1.807, 2.05) is 29.2 Å².